The fraction of sp³-hybridized carbons (Fsp3) is 0.0769. The molecule has 6 nitrogen and oxygen atoms in total. The molecule has 1 N–H and O–H groups in total. The number of amides is 1. The van der Waals surface area contributed by atoms with Gasteiger partial charge in [0.25, 0.3) is 5.91 Å². The zero-order valence-corrected chi connectivity index (χ0v) is 18.5. The number of aliphatic hydroxyl groups excluding tert-OH is 1. The summed E-state index contributed by atoms with van der Waals surface area (Å²) in [6, 6.07) is 17.6. The first kappa shape index (κ1) is 21.7. The molecule has 8 heteroatoms. The Bertz CT molecular complexity index is 1440. The average molecular weight is 478 g/mol. The Kier molecular flexibility index (Phi) is 5.34. The van der Waals surface area contributed by atoms with Crippen LogP contribution in [0.2, 0.25) is 5.02 Å². The second-order valence-corrected chi connectivity index (χ2v) is 8.10. The second kappa shape index (κ2) is 8.35. The molecule has 1 atom stereocenters. The zero-order valence-electron chi connectivity index (χ0n) is 17.8. The highest BCUT2D eigenvalue weighted by molar-refractivity contribution is 6.32. The summed E-state index contributed by atoms with van der Waals surface area (Å²) in [6.45, 7) is 0. The number of hydrogen-bond donors (Lipinski definition) is 1. The van der Waals surface area contributed by atoms with Gasteiger partial charge in [-0.25, -0.2) is 4.39 Å². The first-order chi connectivity index (χ1) is 16.4. The van der Waals surface area contributed by atoms with Crippen LogP contribution in [0.3, 0.4) is 0 Å². The van der Waals surface area contributed by atoms with Crippen LogP contribution in [0.4, 0.5) is 10.1 Å². The summed E-state index contributed by atoms with van der Waals surface area (Å²) in [5.74, 6) is -2.28. The fourth-order valence-electron chi connectivity index (χ4n) is 4.10. The van der Waals surface area contributed by atoms with Gasteiger partial charge in [0, 0.05) is 11.1 Å². The molecule has 1 aliphatic rings. The lowest BCUT2D eigenvalue weighted by atomic mass is 9.94. The molecule has 2 heterocycles. The Balaban J connectivity index is 1.66. The van der Waals surface area contributed by atoms with Crippen molar-refractivity contribution in [2.45, 2.75) is 6.04 Å². The maximum atomic E-state index is 13.7. The van der Waals surface area contributed by atoms with Crippen molar-refractivity contribution in [1.82, 2.24) is 0 Å². The maximum absolute atomic E-state index is 13.7. The predicted octanol–water partition coefficient (Wildman–Crippen LogP) is 6.02. The number of benzene rings is 3. The highest BCUT2D eigenvalue weighted by atomic mass is 35.5. The van der Waals surface area contributed by atoms with Crippen LogP contribution < -0.4 is 9.64 Å². The van der Waals surface area contributed by atoms with Gasteiger partial charge in [0.15, 0.2) is 11.5 Å². The molecule has 4 aromatic rings. The molecule has 170 valence electrons. The van der Waals surface area contributed by atoms with Crippen molar-refractivity contribution in [2.75, 3.05) is 12.0 Å². The number of aliphatic hydroxyl groups is 1. The third kappa shape index (κ3) is 3.50. The van der Waals surface area contributed by atoms with Crippen LogP contribution in [0.15, 0.2) is 88.5 Å². The molecule has 0 aliphatic carbocycles. The quantitative estimate of drug-likeness (QED) is 0.356. The Labute approximate surface area is 198 Å². The number of nitrogens with zero attached hydrogens (tertiary/aromatic N) is 1. The summed E-state index contributed by atoms with van der Waals surface area (Å²) in [6.07, 6.45) is 0. The van der Waals surface area contributed by atoms with Gasteiger partial charge in [0.05, 0.1) is 23.7 Å². The summed E-state index contributed by atoms with van der Waals surface area (Å²) < 4.78 is 24.5. The van der Waals surface area contributed by atoms with Crippen molar-refractivity contribution in [2.24, 2.45) is 0 Å². The number of ether oxygens (including phenoxy) is 1. The molecule has 1 aliphatic heterocycles. The number of fused-ring (bicyclic) bond motifs is 1. The molecular formula is C26H17ClFNO5. The van der Waals surface area contributed by atoms with E-state index in [1.165, 1.54) is 42.3 Å². The van der Waals surface area contributed by atoms with Crippen molar-refractivity contribution in [3.05, 3.63) is 106 Å². The summed E-state index contributed by atoms with van der Waals surface area (Å²) in [7, 11) is 1.46. The van der Waals surface area contributed by atoms with Crippen LogP contribution in [0.5, 0.6) is 5.75 Å². The maximum Gasteiger partial charge on any atom is 0.294 e. The van der Waals surface area contributed by atoms with Crippen molar-refractivity contribution in [3.8, 4) is 5.75 Å². The summed E-state index contributed by atoms with van der Waals surface area (Å²) in [4.78, 5) is 28.0. The molecule has 34 heavy (non-hydrogen) atoms. The van der Waals surface area contributed by atoms with E-state index in [9.17, 15) is 19.1 Å². The normalized spacial score (nSPS) is 15.9. The number of hydrogen-bond acceptors (Lipinski definition) is 5. The molecule has 0 saturated carbocycles. The number of methoxy groups -OCH3 is 1. The van der Waals surface area contributed by atoms with Crippen molar-refractivity contribution < 1.29 is 28.2 Å². The fourth-order valence-corrected chi connectivity index (χ4v) is 4.35. The molecule has 5 rings (SSSR count). The Morgan fingerprint density at radius 2 is 1.82 bits per heavy atom. The van der Waals surface area contributed by atoms with Crippen LogP contribution in [-0.2, 0) is 4.79 Å². The second-order valence-electron chi connectivity index (χ2n) is 7.69. The van der Waals surface area contributed by atoms with Gasteiger partial charge >= 0.3 is 0 Å². The Hall–Kier alpha value is -4.10. The molecule has 1 unspecified atom stereocenters. The van der Waals surface area contributed by atoms with Crippen LogP contribution in [0, 0.1) is 5.82 Å². The number of Topliss-reactive ketones (excluding diaryl/α,β-unsaturated/α-hetero) is 1. The van der Waals surface area contributed by atoms with E-state index in [1.807, 2.05) is 0 Å². The average Bonchev–Trinajstić information content (AvgIpc) is 3.38. The molecule has 0 bridgehead atoms. The number of furan rings is 1. The molecular weight excluding hydrogens is 461 g/mol. The molecule has 0 saturated heterocycles. The molecule has 1 amide bonds. The number of rotatable bonds is 5. The first-order valence-electron chi connectivity index (χ1n) is 10.3. The molecule has 0 fully saturated rings. The van der Waals surface area contributed by atoms with Crippen LogP contribution in [-0.4, -0.2) is 23.9 Å². The predicted molar refractivity (Wildman–Crippen MR) is 125 cm³/mol. The number of carbonyl (C=O) groups excluding carboxylic acids is 2. The van der Waals surface area contributed by atoms with Gasteiger partial charge in [-0.15, -0.1) is 0 Å². The summed E-state index contributed by atoms with van der Waals surface area (Å²) in [5.41, 5.74) is 1.06. The zero-order chi connectivity index (χ0) is 24.0. The lowest BCUT2D eigenvalue weighted by molar-refractivity contribution is -0.117. The smallest absolute Gasteiger partial charge is 0.294 e. The number of anilines is 1. The van der Waals surface area contributed by atoms with E-state index in [4.69, 9.17) is 20.8 Å². The largest absolute Gasteiger partial charge is 0.503 e. The number of halogens is 2. The summed E-state index contributed by atoms with van der Waals surface area (Å²) in [5, 5.41) is 11.8. The third-order valence-corrected chi connectivity index (χ3v) is 6.00. The van der Waals surface area contributed by atoms with Crippen molar-refractivity contribution in [3.63, 3.8) is 0 Å². The van der Waals surface area contributed by atoms with Crippen molar-refractivity contribution >= 4 is 39.9 Å². The van der Waals surface area contributed by atoms with E-state index < -0.39 is 29.3 Å². The third-order valence-electron chi connectivity index (χ3n) is 5.70. The standard InChI is InChI=1S/C26H17ClFNO5/c1-33-20-11-10-17(13-18(20)27)29-23(14-6-8-16(28)9-7-14)22(25(31)26(29)32)24(30)21-12-15-4-2-3-5-19(15)34-21/h2-13,23,31H,1H3. The van der Waals surface area contributed by atoms with E-state index in [-0.39, 0.29) is 16.4 Å². The highest BCUT2D eigenvalue weighted by Crippen LogP contribution is 2.43. The Morgan fingerprint density at radius 1 is 1.09 bits per heavy atom. The minimum atomic E-state index is -1.04. The van der Waals surface area contributed by atoms with E-state index in [0.717, 1.165) is 0 Å². The van der Waals surface area contributed by atoms with Gasteiger partial charge in [-0.2, -0.15) is 0 Å². The molecule has 0 radical (unpaired) electrons. The number of ketones is 1. The summed E-state index contributed by atoms with van der Waals surface area (Å²) >= 11 is 6.28. The number of para-hydroxylation sites is 1. The van der Waals surface area contributed by atoms with Crippen LogP contribution in [0.1, 0.15) is 22.2 Å². The first-order valence-corrected chi connectivity index (χ1v) is 10.7. The highest BCUT2D eigenvalue weighted by Gasteiger charge is 2.45. The minimum Gasteiger partial charge on any atom is -0.503 e. The lowest BCUT2D eigenvalue weighted by Crippen LogP contribution is -2.31. The topological polar surface area (TPSA) is 80.0 Å². The molecule has 3 aromatic carbocycles. The van der Waals surface area contributed by atoms with Crippen molar-refractivity contribution in [1.29, 1.82) is 0 Å². The van der Waals surface area contributed by atoms with Gasteiger partial charge in [-0.1, -0.05) is 41.9 Å². The Morgan fingerprint density at radius 3 is 2.50 bits per heavy atom. The van der Waals surface area contributed by atoms with E-state index >= 15 is 0 Å². The molecule has 0 spiro atoms. The minimum absolute atomic E-state index is 0.0303. The van der Waals surface area contributed by atoms with Gasteiger partial charge < -0.3 is 14.3 Å². The van der Waals surface area contributed by atoms with Gasteiger partial charge in [0.2, 0.25) is 5.78 Å². The van der Waals surface area contributed by atoms with Gasteiger partial charge in [-0.05, 0) is 48.0 Å². The number of carbonyl (C=O) groups is 2. The van der Waals surface area contributed by atoms with E-state index in [0.29, 0.717) is 28.0 Å². The SMILES string of the molecule is COc1ccc(N2C(=O)C(O)=C(C(=O)c3cc4ccccc4o3)C2c2ccc(F)cc2)cc1Cl. The van der Waals surface area contributed by atoms with Gasteiger partial charge in [0.1, 0.15) is 17.1 Å². The van der Waals surface area contributed by atoms with Gasteiger partial charge in [-0.3, -0.25) is 14.5 Å². The van der Waals surface area contributed by atoms with Crippen LogP contribution in [0.25, 0.3) is 11.0 Å². The molecule has 1 aromatic heterocycles. The van der Waals surface area contributed by atoms with E-state index in [1.54, 1.807) is 42.5 Å². The monoisotopic (exact) mass is 477 g/mol. The van der Waals surface area contributed by atoms with E-state index in [2.05, 4.69) is 0 Å². The lowest BCUT2D eigenvalue weighted by Gasteiger charge is -2.27. The van der Waals surface area contributed by atoms with Crippen LogP contribution >= 0.6 is 11.6 Å².